The molecule has 0 saturated heterocycles. The summed E-state index contributed by atoms with van der Waals surface area (Å²) in [6.07, 6.45) is 4.60. The second kappa shape index (κ2) is 32.0. The van der Waals surface area contributed by atoms with Gasteiger partial charge in [0.05, 0.1) is 0 Å². The van der Waals surface area contributed by atoms with Crippen molar-refractivity contribution in [2.75, 3.05) is 0 Å². The van der Waals surface area contributed by atoms with Crippen molar-refractivity contribution in [2.24, 2.45) is 0 Å². The average Bonchev–Trinajstić information content (AvgIpc) is 1.60. The van der Waals surface area contributed by atoms with Crippen LogP contribution in [0.15, 0.2) is 478 Å². The highest BCUT2D eigenvalue weighted by Crippen LogP contribution is 2.51. The smallest absolute Gasteiger partial charge is 0.136 e. The number of hydrogen-bond acceptors (Lipinski definition) is 12. The third-order valence-corrected chi connectivity index (χ3v) is 32.0. The Morgan fingerprint density at radius 2 is 0.240 bits per heavy atom. The molecule has 12 heteroatoms. The van der Waals surface area contributed by atoms with Gasteiger partial charge in [0.15, 0.2) is 0 Å². The van der Waals surface area contributed by atoms with Crippen molar-refractivity contribution in [2.45, 2.75) is 37.5 Å². The van der Waals surface area contributed by atoms with Crippen LogP contribution in [0.2, 0.25) is 0 Å². The van der Waals surface area contributed by atoms with Gasteiger partial charge in [-0.25, -0.2) is 0 Å². The van der Waals surface area contributed by atoms with Crippen LogP contribution in [-0.2, 0) is 0 Å². The zero-order valence-electron chi connectivity index (χ0n) is 80.3. The van der Waals surface area contributed by atoms with E-state index in [1.54, 1.807) is 0 Å². The molecule has 1 aliphatic carbocycles. The number of benzene rings is 22. The molecular weight excluding hydrogens is 1850 g/mol. The van der Waals surface area contributed by atoms with Crippen LogP contribution < -0.4 is 0 Å². The van der Waals surface area contributed by atoms with Gasteiger partial charge in [0, 0.05) is 129 Å². The molecular formula is C138H80O12. The topological polar surface area (TPSA) is 158 Å². The quantitative estimate of drug-likeness (QED) is 0.142. The first kappa shape index (κ1) is 82.8. The molecule has 12 nitrogen and oxygen atoms in total. The summed E-state index contributed by atoms with van der Waals surface area (Å²) in [5.74, 6) is 1.03. The summed E-state index contributed by atoms with van der Waals surface area (Å²) < 4.78 is 76.3. The largest absolute Gasteiger partial charge is 0.456 e. The number of furan rings is 12. The van der Waals surface area contributed by atoms with Crippen LogP contribution in [-0.4, -0.2) is 0 Å². The normalized spacial score (nSPS) is 13.9. The minimum absolute atomic E-state index is 0.513. The molecule has 0 bridgehead atoms. The summed E-state index contributed by atoms with van der Waals surface area (Å²) in [5, 5.41) is 25.9. The number of fused-ring (bicyclic) bond motifs is 36. The van der Waals surface area contributed by atoms with Gasteiger partial charge in [0.25, 0.3) is 0 Å². The zero-order chi connectivity index (χ0) is 97.8. The summed E-state index contributed by atoms with van der Waals surface area (Å²) >= 11 is 0. The summed E-state index contributed by atoms with van der Waals surface area (Å²) in [6.45, 7) is 0. The highest BCUT2D eigenvalue weighted by molar-refractivity contribution is 6.23. The van der Waals surface area contributed by atoms with Gasteiger partial charge in [-0.05, 0) is 322 Å². The van der Waals surface area contributed by atoms with Gasteiger partial charge in [-0.2, -0.15) is 0 Å². The van der Waals surface area contributed by atoms with Gasteiger partial charge in [0.2, 0.25) is 0 Å². The van der Waals surface area contributed by atoms with E-state index in [9.17, 15) is 0 Å². The predicted molar refractivity (Wildman–Crippen MR) is 610 cm³/mol. The highest BCUT2D eigenvalue weighted by Gasteiger charge is 2.29. The number of rotatable bonds is 8. The lowest BCUT2D eigenvalue weighted by atomic mass is 9.76. The first-order chi connectivity index (χ1) is 74.1. The SMILES string of the molecule is c1ccc(-c2ccc3oc4cc5c(cc4c3c2)oc2ccc(-c3ccc4oc6cc7c(cc6c4c3)oc3ccc(-c4ccccc4)cc37)cc25)cc1.c1ccc(-c2ccc3oc4cc5c(cc4c3c2)oc2ccc(C3CCC(c4ccc6oc7cc8c(cc7c6c4)oc4ccc(-c6ccccc6)cc48)CC3)cc25)cc1.c1ccc2c(c1)oc1cc3c(cc12)oc1ccc(-c2ccc4oc5cc6c(cc5c4c2)oc2ccccc26)cc13. The molecule has 0 N–H and O–H groups in total. The molecule has 34 aromatic rings. The summed E-state index contributed by atoms with van der Waals surface area (Å²) in [4.78, 5) is 0. The van der Waals surface area contributed by atoms with E-state index < -0.39 is 0 Å². The minimum Gasteiger partial charge on any atom is -0.456 e. The Labute approximate surface area is 850 Å². The molecule has 0 spiro atoms. The molecule has 1 fully saturated rings. The van der Waals surface area contributed by atoms with E-state index in [-0.39, 0.29) is 0 Å². The fraction of sp³-hybridized carbons (Fsp3) is 0.0435. The first-order valence-electron chi connectivity index (χ1n) is 51.2. The van der Waals surface area contributed by atoms with Crippen LogP contribution in [0.5, 0.6) is 0 Å². The predicted octanol–water partition coefficient (Wildman–Crippen LogP) is 41.3. The van der Waals surface area contributed by atoms with E-state index in [0.29, 0.717) is 11.8 Å². The molecule has 12 aromatic heterocycles. The Kier molecular flexibility index (Phi) is 17.7. The maximum atomic E-state index is 6.47. The van der Waals surface area contributed by atoms with Crippen molar-refractivity contribution in [1.29, 1.82) is 0 Å². The molecule has 0 amide bonds. The molecule has 0 aliphatic heterocycles. The van der Waals surface area contributed by atoms with Gasteiger partial charge < -0.3 is 53.0 Å². The molecule has 35 rings (SSSR count). The van der Waals surface area contributed by atoms with Crippen LogP contribution >= 0.6 is 0 Å². The first-order valence-corrected chi connectivity index (χ1v) is 51.2. The molecule has 22 aromatic carbocycles. The lowest BCUT2D eigenvalue weighted by molar-refractivity contribution is 0.396. The maximum Gasteiger partial charge on any atom is 0.136 e. The van der Waals surface area contributed by atoms with E-state index in [4.69, 9.17) is 53.0 Å². The molecule has 1 saturated carbocycles. The molecule has 0 atom stereocenters. The van der Waals surface area contributed by atoms with Crippen molar-refractivity contribution in [3.63, 3.8) is 0 Å². The highest BCUT2D eigenvalue weighted by atomic mass is 16.4. The second-order valence-electron chi connectivity index (χ2n) is 40.5. The monoisotopic (exact) mass is 1930 g/mol. The zero-order valence-corrected chi connectivity index (χ0v) is 80.3. The van der Waals surface area contributed by atoms with E-state index >= 15 is 0 Å². The van der Waals surface area contributed by atoms with Crippen LogP contribution in [0, 0.1) is 0 Å². The van der Waals surface area contributed by atoms with E-state index in [1.165, 1.54) is 44.5 Å². The van der Waals surface area contributed by atoms with Gasteiger partial charge in [-0.1, -0.05) is 218 Å². The van der Waals surface area contributed by atoms with Gasteiger partial charge in [-0.15, -0.1) is 0 Å². The Balaban J connectivity index is 0.0000000990. The Bertz CT molecular complexity index is 11000. The standard InChI is InChI=1S/C54H36O4.C48H26O4.C36H18O4/c1-3-7-31(8-4-1)35-15-19-47-39(23-35)43-27-53-45(29-51(43)55-47)41-25-37(17-21-49(41)57-53)33-11-13-34(14-12-33)38-18-22-50-42(26-38)46-30-52-44(28-54(46)58-50)40-24-36(16-20-48(40)56-52)32-9-5-2-6-10-32;1-3-7-27(8-4-1)29-11-15-41-33(19-29)37-23-47-39(25-45(37)49-41)35-21-31(13-17-43(35)51-47)32-14-18-44-36(22-32)40-26-46-38(24-48(40)52-44)34-20-30(12-16-42(34)50-46)28-9-5-2-6-10-28;1-3-7-29-21(5-1)25-15-35-27(17-33(25)37-29)23-13-19(9-11-31(23)39-35)20-10-12-32-24(14-20)28-18-34-26(16-36(28)40-32)22-6-2-4-8-30(22)38-34/h1-10,15-30,33-34H,11-14H2;1-26H;1-18H. The Hall–Kier alpha value is -19.6. The van der Waals surface area contributed by atoms with Crippen LogP contribution in [0.3, 0.4) is 0 Å². The minimum atomic E-state index is 0.513. The molecule has 0 unspecified atom stereocenters. The van der Waals surface area contributed by atoms with Gasteiger partial charge in [-0.3, -0.25) is 0 Å². The Morgan fingerprint density at radius 1 is 0.100 bits per heavy atom. The number of hydrogen-bond donors (Lipinski definition) is 0. The summed E-state index contributed by atoms with van der Waals surface area (Å²) in [7, 11) is 0. The van der Waals surface area contributed by atoms with E-state index in [0.717, 1.165) is 322 Å². The van der Waals surface area contributed by atoms with Crippen LogP contribution in [0.1, 0.15) is 48.6 Å². The third-order valence-electron chi connectivity index (χ3n) is 32.0. The van der Waals surface area contributed by atoms with Crippen molar-refractivity contribution >= 4 is 263 Å². The molecule has 1 aliphatic rings. The fourth-order valence-corrected chi connectivity index (χ4v) is 24.4. The summed E-state index contributed by atoms with van der Waals surface area (Å²) in [6, 6.07) is 149. The van der Waals surface area contributed by atoms with Crippen molar-refractivity contribution in [3.05, 3.63) is 436 Å². The Morgan fingerprint density at radius 3 is 0.433 bits per heavy atom. The van der Waals surface area contributed by atoms with Crippen molar-refractivity contribution < 1.29 is 53.0 Å². The second-order valence-corrected chi connectivity index (χ2v) is 40.5. The van der Waals surface area contributed by atoms with Crippen LogP contribution in [0.25, 0.3) is 330 Å². The van der Waals surface area contributed by atoms with Crippen molar-refractivity contribution in [3.8, 4) is 66.8 Å². The van der Waals surface area contributed by atoms with Crippen LogP contribution in [0.4, 0.5) is 0 Å². The molecule has 704 valence electrons. The fourth-order valence-electron chi connectivity index (χ4n) is 24.4. The van der Waals surface area contributed by atoms with Gasteiger partial charge in [0.1, 0.15) is 134 Å². The maximum absolute atomic E-state index is 6.47. The van der Waals surface area contributed by atoms with E-state index in [1.807, 2.05) is 48.5 Å². The van der Waals surface area contributed by atoms with Crippen molar-refractivity contribution in [1.82, 2.24) is 0 Å². The number of para-hydroxylation sites is 2. The average molecular weight is 1930 g/mol. The molecule has 0 radical (unpaired) electrons. The molecule has 150 heavy (non-hydrogen) atoms. The third kappa shape index (κ3) is 13.1. The lowest BCUT2D eigenvalue weighted by Crippen LogP contribution is -2.12. The van der Waals surface area contributed by atoms with E-state index in [2.05, 4.69) is 376 Å². The lowest BCUT2D eigenvalue weighted by Gasteiger charge is -2.29. The summed E-state index contributed by atoms with van der Waals surface area (Å²) in [5.41, 5.74) is 37.6. The van der Waals surface area contributed by atoms with Gasteiger partial charge >= 0.3 is 0 Å². The molecule has 12 heterocycles.